The monoisotopic (exact) mass is 816 g/mol. The topological polar surface area (TPSA) is 6.48 Å². The Morgan fingerprint density at radius 2 is 0.766 bits per heavy atom. The van der Waals surface area contributed by atoms with Crippen LogP contribution in [-0.2, 0) is 10.8 Å². The van der Waals surface area contributed by atoms with Gasteiger partial charge in [0.25, 0.3) is 0 Å². The van der Waals surface area contributed by atoms with Crippen LogP contribution in [0.1, 0.15) is 47.2 Å². The van der Waals surface area contributed by atoms with Crippen LogP contribution in [-0.4, -0.2) is 0 Å². The fourth-order valence-electron chi connectivity index (χ4n) is 11.8. The van der Waals surface area contributed by atoms with Crippen molar-refractivity contribution in [1.82, 2.24) is 0 Å². The van der Waals surface area contributed by atoms with Gasteiger partial charge in [-0.3, -0.25) is 0 Å². The highest BCUT2D eigenvalue weighted by Crippen LogP contribution is 2.66. The molecule has 1 atom stereocenters. The van der Waals surface area contributed by atoms with Gasteiger partial charge < -0.3 is 9.80 Å². The molecule has 0 aromatic heterocycles. The molecule has 13 rings (SSSR count). The second-order valence-corrected chi connectivity index (χ2v) is 18.0. The molecular weight excluding hydrogens is 773 g/mol. The van der Waals surface area contributed by atoms with E-state index in [9.17, 15) is 0 Å². The Morgan fingerprint density at radius 1 is 0.281 bits per heavy atom. The molecule has 0 amide bonds. The normalized spacial score (nSPS) is 15.5. The molecule has 302 valence electrons. The van der Waals surface area contributed by atoms with Crippen LogP contribution in [0.4, 0.5) is 34.1 Å². The lowest BCUT2D eigenvalue weighted by Crippen LogP contribution is -2.26. The molecule has 3 aliphatic rings. The quantitative estimate of drug-likeness (QED) is 0.165. The molecule has 1 spiro atoms. The minimum absolute atomic E-state index is 0.136. The highest BCUT2D eigenvalue weighted by atomic mass is 15.2. The predicted molar refractivity (Wildman–Crippen MR) is 267 cm³/mol. The molecule has 0 fully saturated rings. The van der Waals surface area contributed by atoms with Crippen LogP contribution >= 0.6 is 0 Å². The minimum atomic E-state index is -0.560. The Balaban J connectivity index is 1.12. The summed E-state index contributed by atoms with van der Waals surface area (Å²) in [5.41, 5.74) is 22.0. The molecular formula is C62H44N2. The number of fused-ring (bicyclic) bond motifs is 15. The number of para-hydroxylation sites is 3. The van der Waals surface area contributed by atoms with Crippen LogP contribution in [0.15, 0.2) is 231 Å². The van der Waals surface area contributed by atoms with Gasteiger partial charge in [0.2, 0.25) is 0 Å². The lowest BCUT2D eigenvalue weighted by atomic mass is 9.70. The second kappa shape index (κ2) is 13.8. The van der Waals surface area contributed by atoms with Crippen molar-refractivity contribution in [1.29, 1.82) is 0 Å². The molecule has 0 saturated carbocycles. The van der Waals surface area contributed by atoms with E-state index < -0.39 is 5.41 Å². The first-order valence-corrected chi connectivity index (χ1v) is 22.4. The first kappa shape index (κ1) is 36.7. The predicted octanol–water partition coefficient (Wildman–Crippen LogP) is 16.4. The third kappa shape index (κ3) is 4.97. The molecule has 2 heteroatoms. The zero-order valence-electron chi connectivity index (χ0n) is 35.8. The fourth-order valence-corrected chi connectivity index (χ4v) is 11.8. The maximum absolute atomic E-state index is 2.57. The van der Waals surface area contributed by atoms with Gasteiger partial charge in [-0.15, -0.1) is 0 Å². The molecule has 64 heavy (non-hydrogen) atoms. The first-order chi connectivity index (χ1) is 31.5. The van der Waals surface area contributed by atoms with Gasteiger partial charge >= 0.3 is 0 Å². The SMILES string of the molecule is CC1(C)c2ccccc2-c2c(N(c3ccccc3)c3cc4c(c5ccccc35)-c3ccccc3C43c4ccccc4-c4cc(N(c5ccccc5)c5ccccc5)ccc43)cccc21. The van der Waals surface area contributed by atoms with E-state index in [1.165, 1.54) is 88.9 Å². The molecule has 1 unspecified atom stereocenters. The standard InChI is InChI=1S/C62H44N2/c1-61(2)51-32-17-15-30-48(51)60-55(61)35-20-36-57(60)64(43-25-10-5-11-26-43)58-40-56-59(47-29-13-12-28-46(47)58)49-31-16-19-34-53(49)62(56)52-33-18-14-27-45(52)50-39-44(37-38-54(50)62)63(41-21-6-3-7-22-41)42-23-8-4-9-24-42/h3-40H,1-2H3. The summed E-state index contributed by atoms with van der Waals surface area (Å²) in [4.78, 5) is 4.93. The molecule has 0 heterocycles. The highest BCUT2D eigenvalue weighted by molar-refractivity contribution is 6.13. The van der Waals surface area contributed by atoms with Crippen molar-refractivity contribution in [3.63, 3.8) is 0 Å². The third-order valence-corrected chi connectivity index (χ3v) is 14.4. The number of hydrogen-bond acceptors (Lipinski definition) is 2. The summed E-state index contributed by atoms with van der Waals surface area (Å²) in [6.45, 7) is 4.75. The molecule has 3 aliphatic carbocycles. The average molecular weight is 817 g/mol. The van der Waals surface area contributed by atoms with E-state index in [4.69, 9.17) is 0 Å². The average Bonchev–Trinajstić information content (AvgIpc) is 3.91. The molecule has 0 bridgehead atoms. The van der Waals surface area contributed by atoms with E-state index in [0.29, 0.717) is 0 Å². The van der Waals surface area contributed by atoms with Crippen LogP contribution in [0.2, 0.25) is 0 Å². The van der Waals surface area contributed by atoms with E-state index in [1.807, 2.05) is 0 Å². The second-order valence-electron chi connectivity index (χ2n) is 18.0. The van der Waals surface area contributed by atoms with E-state index >= 15 is 0 Å². The minimum Gasteiger partial charge on any atom is -0.310 e. The van der Waals surface area contributed by atoms with Crippen LogP contribution in [0.3, 0.4) is 0 Å². The molecule has 0 radical (unpaired) electrons. The first-order valence-electron chi connectivity index (χ1n) is 22.4. The zero-order valence-corrected chi connectivity index (χ0v) is 35.8. The van der Waals surface area contributed by atoms with Crippen LogP contribution in [0.5, 0.6) is 0 Å². The van der Waals surface area contributed by atoms with Gasteiger partial charge in [-0.1, -0.05) is 184 Å². The van der Waals surface area contributed by atoms with Gasteiger partial charge in [-0.2, -0.15) is 0 Å². The zero-order chi connectivity index (χ0) is 42.6. The number of benzene rings is 10. The van der Waals surface area contributed by atoms with E-state index in [1.54, 1.807) is 0 Å². The largest absolute Gasteiger partial charge is 0.310 e. The van der Waals surface area contributed by atoms with Crippen molar-refractivity contribution in [3.8, 4) is 33.4 Å². The molecule has 0 aliphatic heterocycles. The van der Waals surface area contributed by atoms with Gasteiger partial charge in [0.1, 0.15) is 0 Å². The lowest BCUT2D eigenvalue weighted by molar-refractivity contribution is 0.660. The summed E-state index contributed by atoms with van der Waals surface area (Å²) < 4.78 is 0. The summed E-state index contributed by atoms with van der Waals surface area (Å²) in [5.74, 6) is 0. The van der Waals surface area contributed by atoms with Crippen molar-refractivity contribution in [2.45, 2.75) is 24.7 Å². The van der Waals surface area contributed by atoms with Crippen molar-refractivity contribution in [3.05, 3.63) is 264 Å². The van der Waals surface area contributed by atoms with Crippen molar-refractivity contribution in [2.75, 3.05) is 9.80 Å². The summed E-state index contributed by atoms with van der Waals surface area (Å²) in [7, 11) is 0. The van der Waals surface area contributed by atoms with Crippen LogP contribution < -0.4 is 9.80 Å². The number of nitrogens with zero attached hydrogens (tertiary/aromatic N) is 2. The molecule has 2 nitrogen and oxygen atoms in total. The molecule has 10 aromatic carbocycles. The number of hydrogen-bond donors (Lipinski definition) is 0. The van der Waals surface area contributed by atoms with E-state index in [2.05, 4.69) is 254 Å². The Hall–Kier alpha value is -7.94. The lowest BCUT2D eigenvalue weighted by Gasteiger charge is -2.34. The van der Waals surface area contributed by atoms with Gasteiger partial charge in [0, 0.05) is 39.1 Å². The summed E-state index contributed by atoms with van der Waals surface area (Å²) in [6, 6.07) is 85.7. The smallest absolute Gasteiger partial charge is 0.0726 e. The van der Waals surface area contributed by atoms with Crippen molar-refractivity contribution >= 4 is 44.9 Å². The van der Waals surface area contributed by atoms with Gasteiger partial charge in [0.05, 0.1) is 16.8 Å². The summed E-state index contributed by atoms with van der Waals surface area (Å²) >= 11 is 0. The third-order valence-electron chi connectivity index (χ3n) is 14.4. The number of anilines is 6. The summed E-state index contributed by atoms with van der Waals surface area (Å²) in [6.07, 6.45) is 0. The van der Waals surface area contributed by atoms with E-state index in [-0.39, 0.29) is 5.41 Å². The Labute approximate surface area is 375 Å². The van der Waals surface area contributed by atoms with Crippen molar-refractivity contribution in [2.24, 2.45) is 0 Å². The van der Waals surface area contributed by atoms with Crippen LogP contribution in [0.25, 0.3) is 44.2 Å². The van der Waals surface area contributed by atoms with Gasteiger partial charge in [-0.25, -0.2) is 0 Å². The Bertz CT molecular complexity index is 3440. The maximum atomic E-state index is 2.57. The Kier molecular flexibility index (Phi) is 7.90. The van der Waals surface area contributed by atoms with Crippen LogP contribution in [0, 0.1) is 0 Å². The van der Waals surface area contributed by atoms with Gasteiger partial charge in [0.15, 0.2) is 0 Å². The van der Waals surface area contributed by atoms with E-state index in [0.717, 1.165) is 22.7 Å². The fraction of sp³-hybridized carbons (Fsp3) is 0.0645. The number of rotatable bonds is 6. The Morgan fingerprint density at radius 3 is 1.42 bits per heavy atom. The van der Waals surface area contributed by atoms with Gasteiger partial charge in [-0.05, 0) is 127 Å². The molecule has 10 aromatic rings. The molecule has 0 saturated heterocycles. The highest BCUT2D eigenvalue weighted by Gasteiger charge is 2.52. The summed E-state index contributed by atoms with van der Waals surface area (Å²) in [5, 5.41) is 2.48. The molecule has 0 N–H and O–H groups in total. The maximum Gasteiger partial charge on any atom is 0.0726 e. The van der Waals surface area contributed by atoms with Crippen molar-refractivity contribution < 1.29 is 0 Å².